The number of rotatable bonds is 2. The van der Waals surface area contributed by atoms with Gasteiger partial charge in [0.2, 0.25) is 5.91 Å². The van der Waals surface area contributed by atoms with Crippen molar-refractivity contribution in [2.24, 2.45) is 0 Å². The molecule has 0 fully saturated rings. The number of para-hydroxylation sites is 1. The summed E-state index contributed by atoms with van der Waals surface area (Å²) >= 11 is 5.44. The highest BCUT2D eigenvalue weighted by Crippen LogP contribution is 2.11. The van der Waals surface area contributed by atoms with Crippen LogP contribution in [0.25, 0.3) is 0 Å². The molecule has 0 aliphatic carbocycles. The molecule has 0 aliphatic heterocycles. The molecule has 3 amide bonds. The van der Waals surface area contributed by atoms with Gasteiger partial charge in [-0.05, 0) is 19.1 Å². The van der Waals surface area contributed by atoms with Gasteiger partial charge in [-0.3, -0.25) is 10.1 Å². The number of nitrogens with one attached hydrogen (secondary N) is 2. The molecule has 0 saturated heterocycles. The number of benzene rings is 1. The fraction of sp³-hybridized carbons (Fsp3) is 0.200. The molecule has 0 unspecified atom stereocenters. The van der Waals surface area contributed by atoms with Gasteiger partial charge in [0.15, 0.2) is 0 Å². The average molecular weight is 245 g/mol. The number of hydrogen-bond acceptors (Lipinski definition) is 2. The summed E-state index contributed by atoms with van der Waals surface area (Å²) in [7, 11) is 0. The highest BCUT2D eigenvalue weighted by molar-refractivity contribution is 6.31. The second-order valence-electron chi connectivity index (χ2n) is 3.04. The maximum atomic E-state index is 13.1. The number of anilines is 1. The molecule has 4 nitrogen and oxygen atoms in total. The number of imide groups is 1. The molecule has 0 heterocycles. The van der Waals surface area contributed by atoms with E-state index in [0.717, 1.165) is 0 Å². The predicted octanol–water partition coefficient (Wildman–Crippen LogP) is 2.10. The normalized spacial score (nSPS) is 11.7. The van der Waals surface area contributed by atoms with Crippen LogP contribution in [0.2, 0.25) is 0 Å². The van der Waals surface area contributed by atoms with E-state index in [4.69, 9.17) is 11.6 Å². The molecule has 86 valence electrons. The Hall–Kier alpha value is -1.62. The van der Waals surface area contributed by atoms with Gasteiger partial charge in [-0.25, -0.2) is 9.18 Å². The van der Waals surface area contributed by atoms with E-state index in [1.807, 2.05) is 5.32 Å². The highest BCUT2D eigenvalue weighted by Gasteiger charge is 2.13. The SMILES string of the molecule is C[C@H](Cl)C(=O)NC(=O)Nc1ccccc1F. The third kappa shape index (κ3) is 3.51. The molecule has 6 heteroatoms. The lowest BCUT2D eigenvalue weighted by molar-refractivity contribution is -0.119. The number of urea groups is 1. The van der Waals surface area contributed by atoms with Gasteiger partial charge in [0.05, 0.1) is 5.69 Å². The van der Waals surface area contributed by atoms with Crippen LogP contribution >= 0.6 is 11.6 Å². The third-order valence-electron chi connectivity index (χ3n) is 1.72. The van der Waals surface area contributed by atoms with Crippen molar-refractivity contribution in [3.05, 3.63) is 30.1 Å². The smallest absolute Gasteiger partial charge is 0.305 e. The number of carbonyl (C=O) groups excluding carboxylic acids is 2. The molecule has 0 saturated carbocycles. The maximum absolute atomic E-state index is 13.1. The van der Waals surface area contributed by atoms with E-state index < -0.39 is 23.1 Å². The summed E-state index contributed by atoms with van der Waals surface area (Å²) in [4.78, 5) is 22.2. The molecule has 0 bridgehead atoms. The summed E-state index contributed by atoms with van der Waals surface area (Å²) in [5.41, 5.74) is -0.00461. The van der Waals surface area contributed by atoms with Crippen molar-refractivity contribution in [3.8, 4) is 0 Å². The van der Waals surface area contributed by atoms with Crippen LogP contribution in [0.4, 0.5) is 14.9 Å². The average Bonchev–Trinajstić information content (AvgIpc) is 2.21. The zero-order valence-electron chi connectivity index (χ0n) is 8.46. The van der Waals surface area contributed by atoms with Crippen LogP contribution in [0.15, 0.2) is 24.3 Å². The molecule has 0 radical (unpaired) electrons. The predicted molar refractivity (Wildman–Crippen MR) is 58.9 cm³/mol. The summed E-state index contributed by atoms with van der Waals surface area (Å²) in [6.45, 7) is 1.42. The Labute approximate surface area is 96.8 Å². The van der Waals surface area contributed by atoms with Crippen molar-refractivity contribution in [1.29, 1.82) is 0 Å². The van der Waals surface area contributed by atoms with Crippen molar-refractivity contribution >= 4 is 29.2 Å². The van der Waals surface area contributed by atoms with Gasteiger partial charge < -0.3 is 5.32 Å². The topological polar surface area (TPSA) is 58.2 Å². The standard InChI is InChI=1S/C10H10ClFN2O2/c1-6(11)9(15)14-10(16)13-8-5-3-2-4-7(8)12/h2-6H,1H3,(H2,13,14,15,16)/t6-/m0/s1. The van der Waals surface area contributed by atoms with E-state index >= 15 is 0 Å². The van der Waals surface area contributed by atoms with Gasteiger partial charge in [-0.2, -0.15) is 0 Å². The molecule has 1 aromatic rings. The summed E-state index contributed by atoms with van der Waals surface area (Å²) in [6, 6.07) is 4.81. The molecular formula is C10H10ClFN2O2. The lowest BCUT2D eigenvalue weighted by Crippen LogP contribution is -2.38. The number of hydrogen-bond donors (Lipinski definition) is 2. The maximum Gasteiger partial charge on any atom is 0.326 e. The van der Waals surface area contributed by atoms with Gasteiger partial charge in [0, 0.05) is 0 Å². The van der Waals surface area contributed by atoms with Crippen molar-refractivity contribution in [3.63, 3.8) is 0 Å². The fourth-order valence-electron chi connectivity index (χ4n) is 0.927. The lowest BCUT2D eigenvalue weighted by atomic mass is 10.3. The van der Waals surface area contributed by atoms with Gasteiger partial charge in [-0.1, -0.05) is 12.1 Å². The van der Waals surface area contributed by atoms with Crippen molar-refractivity contribution < 1.29 is 14.0 Å². The number of halogens is 2. The van der Waals surface area contributed by atoms with Crippen LogP contribution in [0.1, 0.15) is 6.92 Å². The Balaban J connectivity index is 2.59. The van der Waals surface area contributed by atoms with Crippen LogP contribution in [-0.4, -0.2) is 17.3 Å². The molecular weight excluding hydrogens is 235 g/mol. The van der Waals surface area contributed by atoms with Gasteiger partial charge in [0.1, 0.15) is 11.2 Å². The quantitative estimate of drug-likeness (QED) is 0.783. The first-order valence-corrected chi connectivity index (χ1v) is 4.95. The molecule has 1 atom stereocenters. The first kappa shape index (κ1) is 12.4. The summed E-state index contributed by atoms with van der Waals surface area (Å²) in [6.07, 6.45) is 0. The second kappa shape index (κ2) is 5.46. The van der Waals surface area contributed by atoms with Crippen LogP contribution in [0.3, 0.4) is 0 Å². The van der Waals surface area contributed by atoms with E-state index in [1.54, 1.807) is 6.07 Å². The third-order valence-corrected chi connectivity index (χ3v) is 1.92. The Morgan fingerprint density at radius 1 is 1.38 bits per heavy atom. The van der Waals surface area contributed by atoms with Gasteiger partial charge in [-0.15, -0.1) is 11.6 Å². The van der Waals surface area contributed by atoms with E-state index in [0.29, 0.717) is 0 Å². The Kier molecular flexibility index (Phi) is 4.25. The van der Waals surface area contributed by atoms with E-state index in [1.165, 1.54) is 25.1 Å². The van der Waals surface area contributed by atoms with Crippen LogP contribution < -0.4 is 10.6 Å². The summed E-state index contributed by atoms with van der Waals surface area (Å²) < 4.78 is 13.1. The number of amides is 3. The second-order valence-corrected chi connectivity index (χ2v) is 3.69. The summed E-state index contributed by atoms with van der Waals surface area (Å²) in [5.74, 6) is -1.22. The van der Waals surface area contributed by atoms with E-state index in [9.17, 15) is 14.0 Å². The van der Waals surface area contributed by atoms with Crippen molar-refractivity contribution in [1.82, 2.24) is 5.32 Å². The van der Waals surface area contributed by atoms with Crippen LogP contribution in [0.5, 0.6) is 0 Å². The Morgan fingerprint density at radius 2 is 2.00 bits per heavy atom. The molecule has 0 aliphatic rings. The molecule has 1 aromatic carbocycles. The minimum absolute atomic E-state index is 0.00461. The number of carbonyl (C=O) groups is 2. The zero-order valence-corrected chi connectivity index (χ0v) is 9.22. The highest BCUT2D eigenvalue weighted by atomic mass is 35.5. The van der Waals surface area contributed by atoms with Gasteiger partial charge in [0.25, 0.3) is 0 Å². The van der Waals surface area contributed by atoms with E-state index in [2.05, 4.69) is 5.32 Å². The molecule has 16 heavy (non-hydrogen) atoms. The van der Waals surface area contributed by atoms with Crippen molar-refractivity contribution in [2.45, 2.75) is 12.3 Å². The molecule has 0 aromatic heterocycles. The zero-order chi connectivity index (χ0) is 12.1. The first-order valence-electron chi connectivity index (χ1n) is 4.51. The van der Waals surface area contributed by atoms with Crippen LogP contribution in [0, 0.1) is 5.82 Å². The molecule has 0 spiro atoms. The van der Waals surface area contributed by atoms with Crippen molar-refractivity contribution in [2.75, 3.05) is 5.32 Å². The number of alkyl halides is 1. The largest absolute Gasteiger partial charge is 0.326 e. The molecule has 1 rings (SSSR count). The van der Waals surface area contributed by atoms with Crippen LogP contribution in [-0.2, 0) is 4.79 Å². The first-order chi connectivity index (χ1) is 7.50. The molecule has 2 N–H and O–H groups in total. The monoisotopic (exact) mass is 244 g/mol. The fourth-order valence-corrected chi connectivity index (χ4v) is 0.982. The summed E-state index contributed by atoms with van der Waals surface area (Å²) in [5, 5.41) is 3.33. The lowest BCUT2D eigenvalue weighted by Gasteiger charge is -2.07. The Morgan fingerprint density at radius 3 is 2.56 bits per heavy atom. The van der Waals surface area contributed by atoms with E-state index in [-0.39, 0.29) is 5.69 Å². The van der Waals surface area contributed by atoms with Gasteiger partial charge >= 0.3 is 6.03 Å². The minimum atomic E-state index is -0.827. The minimum Gasteiger partial charge on any atom is -0.305 e. The Bertz CT molecular complexity index is 410.